The summed E-state index contributed by atoms with van der Waals surface area (Å²) in [6.07, 6.45) is 0.911. The summed E-state index contributed by atoms with van der Waals surface area (Å²) in [6.45, 7) is 0. The number of alkyl halides is 1. The van der Waals surface area contributed by atoms with E-state index in [4.69, 9.17) is 16.3 Å². The van der Waals surface area contributed by atoms with E-state index in [1.807, 2.05) is 30.3 Å². The molecular formula is C14H11ClO. The summed E-state index contributed by atoms with van der Waals surface area (Å²) in [6, 6.07) is 14.2. The van der Waals surface area contributed by atoms with Crippen LogP contribution in [0.1, 0.15) is 16.7 Å². The van der Waals surface area contributed by atoms with E-state index in [0.717, 1.165) is 23.5 Å². The summed E-state index contributed by atoms with van der Waals surface area (Å²) in [7, 11) is 0. The predicted molar refractivity (Wildman–Crippen MR) is 65.3 cm³/mol. The maximum absolute atomic E-state index is 5.94. The molecule has 0 spiro atoms. The lowest BCUT2D eigenvalue weighted by Gasteiger charge is -2.21. The minimum absolute atomic E-state index is 0.536. The van der Waals surface area contributed by atoms with Crippen molar-refractivity contribution in [3.05, 3.63) is 59.2 Å². The molecule has 0 atom stereocenters. The first kappa shape index (κ1) is 9.73. The van der Waals surface area contributed by atoms with Gasteiger partial charge in [-0.1, -0.05) is 30.3 Å². The number of hydrogen-bond acceptors (Lipinski definition) is 1. The Morgan fingerprint density at radius 3 is 2.69 bits per heavy atom. The van der Waals surface area contributed by atoms with Gasteiger partial charge in [-0.15, -0.1) is 11.6 Å². The molecule has 0 N–H and O–H groups in total. The standard InChI is InChI=1S/C14H11ClO/c15-9-11-5-3-7-14-12(11)8-10-4-1-2-6-13(10)16-14/h1-7H,8-9H2. The van der Waals surface area contributed by atoms with E-state index in [1.54, 1.807) is 0 Å². The summed E-state index contributed by atoms with van der Waals surface area (Å²) in [5, 5.41) is 0. The van der Waals surface area contributed by atoms with Gasteiger partial charge in [-0.25, -0.2) is 0 Å². The molecule has 0 aliphatic carbocycles. The van der Waals surface area contributed by atoms with Crippen molar-refractivity contribution >= 4 is 11.6 Å². The second-order valence-corrected chi connectivity index (χ2v) is 4.18. The van der Waals surface area contributed by atoms with Crippen LogP contribution in [0.15, 0.2) is 42.5 Å². The molecule has 0 aromatic heterocycles. The van der Waals surface area contributed by atoms with Gasteiger partial charge in [0, 0.05) is 17.9 Å². The Labute approximate surface area is 99.6 Å². The highest BCUT2D eigenvalue weighted by Gasteiger charge is 2.18. The zero-order valence-corrected chi connectivity index (χ0v) is 9.50. The highest BCUT2D eigenvalue weighted by Crippen LogP contribution is 2.38. The van der Waals surface area contributed by atoms with E-state index in [2.05, 4.69) is 12.1 Å². The van der Waals surface area contributed by atoms with E-state index in [1.165, 1.54) is 11.1 Å². The van der Waals surface area contributed by atoms with Gasteiger partial charge in [-0.2, -0.15) is 0 Å². The van der Waals surface area contributed by atoms with Gasteiger partial charge in [-0.3, -0.25) is 0 Å². The van der Waals surface area contributed by atoms with Gasteiger partial charge in [0.05, 0.1) is 0 Å². The third kappa shape index (κ3) is 1.48. The number of para-hydroxylation sites is 1. The molecule has 0 unspecified atom stereocenters. The van der Waals surface area contributed by atoms with E-state index in [9.17, 15) is 0 Å². The molecule has 0 radical (unpaired) electrons. The number of halogens is 1. The predicted octanol–water partition coefficient (Wildman–Crippen LogP) is 4.12. The van der Waals surface area contributed by atoms with Crippen LogP contribution >= 0.6 is 11.6 Å². The van der Waals surface area contributed by atoms with E-state index in [-0.39, 0.29) is 0 Å². The van der Waals surface area contributed by atoms with Gasteiger partial charge < -0.3 is 4.74 Å². The van der Waals surface area contributed by atoms with Gasteiger partial charge >= 0.3 is 0 Å². The van der Waals surface area contributed by atoms with Crippen LogP contribution in [0.25, 0.3) is 0 Å². The van der Waals surface area contributed by atoms with E-state index in [0.29, 0.717) is 5.88 Å². The maximum Gasteiger partial charge on any atom is 0.131 e. The summed E-state index contributed by atoms with van der Waals surface area (Å²) in [5.74, 6) is 2.44. The van der Waals surface area contributed by atoms with Crippen molar-refractivity contribution in [1.29, 1.82) is 0 Å². The second kappa shape index (κ2) is 3.84. The van der Waals surface area contributed by atoms with Gasteiger partial charge in [0.1, 0.15) is 11.5 Å². The molecule has 2 aromatic rings. The SMILES string of the molecule is ClCc1cccc2c1Cc1ccccc1O2. The smallest absolute Gasteiger partial charge is 0.131 e. The van der Waals surface area contributed by atoms with Crippen molar-refractivity contribution in [3.63, 3.8) is 0 Å². The Bertz CT molecular complexity index is 534. The highest BCUT2D eigenvalue weighted by molar-refractivity contribution is 6.17. The third-order valence-corrected chi connectivity index (χ3v) is 3.22. The average Bonchev–Trinajstić information content (AvgIpc) is 2.35. The van der Waals surface area contributed by atoms with Gasteiger partial charge in [0.2, 0.25) is 0 Å². The van der Waals surface area contributed by atoms with Crippen LogP contribution in [0, 0.1) is 0 Å². The second-order valence-electron chi connectivity index (χ2n) is 3.91. The molecule has 2 heteroatoms. The lowest BCUT2D eigenvalue weighted by atomic mass is 9.97. The molecule has 0 saturated carbocycles. The molecule has 3 rings (SSSR count). The highest BCUT2D eigenvalue weighted by atomic mass is 35.5. The molecule has 2 aromatic carbocycles. The number of benzene rings is 2. The summed E-state index contributed by atoms with van der Waals surface area (Å²) in [4.78, 5) is 0. The van der Waals surface area contributed by atoms with Crippen LogP contribution in [0.3, 0.4) is 0 Å². The van der Waals surface area contributed by atoms with Crippen LogP contribution in [0.5, 0.6) is 11.5 Å². The first-order valence-electron chi connectivity index (χ1n) is 5.31. The number of ether oxygens (including phenoxy) is 1. The zero-order valence-electron chi connectivity index (χ0n) is 8.74. The number of fused-ring (bicyclic) bond motifs is 2. The molecule has 1 heterocycles. The van der Waals surface area contributed by atoms with Crippen LogP contribution in [0.2, 0.25) is 0 Å². The molecule has 1 nitrogen and oxygen atoms in total. The van der Waals surface area contributed by atoms with Crippen molar-refractivity contribution in [2.24, 2.45) is 0 Å². The molecule has 1 aliphatic heterocycles. The van der Waals surface area contributed by atoms with Crippen LogP contribution in [-0.4, -0.2) is 0 Å². The fourth-order valence-electron chi connectivity index (χ4n) is 2.09. The average molecular weight is 231 g/mol. The van der Waals surface area contributed by atoms with Gasteiger partial charge in [-0.05, 0) is 23.3 Å². The molecule has 1 aliphatic rings. The monoisotopic (exact) mass is 230 g/mol. The molecule has 0 saturated heterocycles. The van der Waals surface area contributed by atoms with Crippen LogP contribution < -0.4 is 4.74 Å². The van der Waals surface area contributed by atoms with Gasteiger partial charge in [0.25, 0.3) is 0 Å². The maximum atomic E-state index is 5.94. The van der Waals surface area contributed by atoms with Crippen molar-refractivity contribution in [2.45, 2.75) is 12.3 Å². The molecule has 0 fully saturated rings. The first-order valence-corrected chi connectivity index (χ1v) is 5.84. The summed E-state index contributed by atoms with van der Waals surface area (Å²) < 4.78 is 5.86. The summed E-state index contributed by atoms with van der Waals surface area (Å²) >= 11 is 5.94. The van der Waals surface area contributed by atoms with Crippen molar-refractivity contribution in [1.82, 2.24) is 0 Å². The Morgan fingerprint density at radius 1 is 1.00 bits per heavy atom. The molecule has 16 heavy (non-hydrogen) atoms. The summed E-state index contributed by atoms with van der Waals surface area (Å²) in [5.41, 5.74) is 3.61. The minimum Gasteiger partial charge on any atom is -0.457 e. The fraction of sp³-hybridized carbons (Fsp3) is 0.143. The largest absolute Gasteiger partial charge is 0.457 e. The molecular weight excluding hydrogens is 220 g/mol. The minimum atomic E-state index is 0.536. The van der Waals surface area contributed by atoms with E-state index < -0.39 is 0 Å². The van der Waals surface area contributed by atoms with Gasteiger partial charge in [0.15, 0.2) is 0 Å². The van der Waals surface area contributed by atoms with Crippen LogP contribution in [0.4, 0.5) is 0 Å². The fourth-order valence-corrected chi connectivity index (χ4v) is 2.34. The molecule has 0 bridgehead atoms. The van der Waals surface area contributed by atoms with Crippen LogP contribution in [-0.2, 0) is 12.3 Å². The quantitative estimate of drug-likeness (QED) is 0.572. The lowest BCUT2D eigenvalue weighted by Crippen LogP contribution is -2.05. The number of rotatable bonds is 1. The Hall–Kier alpha value is -1.47. The van der Waals surface area contributed by atoms with E-state index >= 15 is 0 Å². The Balaban J connectivity index is 2.12. The zero-order chi connectivity index (χ0) is 11.0. The third-order valence-electron chi connectivity index (χ3n) is 2.93. The van der Waals surface area contributed by atoms with Crippen molar-refractivity contribution in [2.75, 3.05) is 0 Å². The lowest BCUT2D eigenvalue weighted by molar-refractivity contribution is 0.459. The normalized spacial score (nSPS) is 12.6. The topological polar surface area (TPSA) is 9.23 Å². The molecule has 80 valence electrons. The Morgan fingerprint density at radius 2 is 1.81 bits per heavy atom. The number of hydrogen-bond donors (Lipinski definition) is 0. The molecule has 0 amide bonds. The van der Waals surface area contributed by atoms with Crippen molar-refractivity contribution in [3.8, 4) is 11.5 Å². The van der Waals surface area contributed by atoms with Crippen molar-refractivity contribution < 1.29 is 4.74 Å². The first-order chi connectivity index (χ1) is 7.88. The Kier molecular flexibility index (Phi) is 2.33.